The minimum Gasteiger partial charge on any atom is -0.324 e. The molecule has 0 aliphatic rings. The topological polar surface area (TPSA) is 74.7 Å². The minimum atomic E-state index is -0.185. The summed E-state index contributed by atoms with van der Waals surface area (Å²) in [5.41, 5.74) is 8.96. The lowest BCUT2D eigenvalue weighted by molar-refractivity contribution is 0.377. The van der Waals surface area contributed by atoms with E-state index in [0.29, 0.717) is 5.92 Å². The zero-order valence-corrected chi connectivity index (χ0v) is 13.6. The summed E-state index contributed by atoms with van der Waals surface area (Å²) in [7, 11) is 0. The zero-order chi connectivity index (χ0) is 14.7. The molecule has 0 saturated carbocycles. The normalized spacial score (nSPS) is 14.6. The number of fused-ring (bicyclic) bond motifs is 1. The highest BCUT2D eigenvalue weighted by Gasteiger charge is 2.20. The van der Waals surface area contributed by atoms with Crippen molar-refractivity contribution >= 4 is 27.0 Å². The number of hydrogen-bond acceptors (Lipinski definition) is 2. The van der Waals surface area contributed by atoms with Gasteiger partial charge in [0.15, 0.2) is 0 Å². The smallest absolute Gasteiger partial charge is 0.323 e. The number of hydrogen-bond donors (Lipinski definition) is 3. The van der Waals surface area contributed by atoms with Crippen molar-refractivity contribution in [3.8, 4) is 0 Å². The van der Waals surface area contributed by atoms with Gasteiger partial charge in [0.05, 0.1) is 11.0 Å². The quantitative estimate of drug-likeness (QED) is 0.747. The van der Waals surface area contributed by atoms with Gasteiger partial charge in [-0.2, -0.15) is 0 Å². The van der Waals surface area contributed by atoms with E-state index in [0.717, 1.165) is 33.9 Å². The van der Waals surface area contributed by atoms with Crippen molar-refractivity contribution in [3.63, 3.8) is 0 Å². The first-order valence-electron chi connectivity index (χ1n) is 7.23. The Morgan fingerprint density at radius 2 is 1.90 bits per heavy atom. The second-order valence-electron chi connectivity index (χ2n) is 5.33. The maximum Gasteiger partial charge on any atom is 0.323 e. The average Bonchev–Trinajstić information content (AvgIpc) is 2.77. The van der Waals surface area contributed by atoms with E-state index in [1.54, 1.807) is 0 Å². The third-order valence-corrected chi connectivity index (χ3v) is 4.64. The molecule has 110 valence electrons. The van der Waals surface area contributed by atoms with Crippen LogP contribution in [0.3, 0.4) is 0 Å². The van der Waals surface area contributed by atoms with Gasteiger partial charge in [0.2, 0.25) is 0 Å². The van der Waals surface area contributed by atoms with Crippen LogP contribution in [-0.4, -0.2) is 9.97 Å². The van der Waals surface area contributed by atoms with Gasteiger partial charge in [-0.1, -0.05) is 49.0 Å². The number of nitrogens with two attached hydrogens (primary N) is 1. The van der Waals surface area contributed by atoms with Gasteiger partial charge in [-0.3, -0.25) is 0 Å². The maximum atomic E-state index is 11.4. The molecule has 20 heavy (non-hydrogen) atoms. The molecule has 0 fully saturated rings. The molecule has 0 radical (unpaired) electrons. The molecule has 1 aromatic carbocycles. The lowest BCUT2D eigenvalue weighted by Gasteiger charge is -2.24. The molecular formula is C15H22BrN3O. The Labute approximate surface area is 127 Å². The first-order chi connectivity index (χ1) is 9.56. The maximum absolute atomic E-state index is 11.4. The summed E-state index contributed by atoms with van der Waals surface area (Å²) in [6, 6.07) is 3.90. The molecule has 0 spiro atoms. The summed E-state index contributed by atoms with van der Waals surface area (Å²) in [5, 5.41) is 0. The number of halogens is 1. The van der Waals surface area contributed by atoms with Gasteiger partial charge in [-0.05, 0) is 30.0 Å². The lowest BCUT2D eigenvalue weighted by atomic mass is 9.87. The van der Waals surface area contributed by atoms with Crippen LogP contribution in [0.1, 0.15) is 51.1 Å². The van der Waals surface area contributed by atoms with E-state index in [4.69, 9.17) is 5.73 Å². The van der Waals surface area contributed by atoms with Crippen LogP contribution in [0.5, 0.6) is 0 Å². The van der Waals surface area contributed by atoms with E-state index < -0.39 is 0 Å². The Hall–Kier alpha value is -1.07. The van der Waals surface area contributed by atoms with Crippen molar-refractivity contribution in [2.45, 2.75) is 45.6 Å². The molecule has 1 aromatic heterocycles. The highest BCUT2D eigenvalue weighted by atomic mass is 79.9. The third-order valence-electron chi connectivity index (χ3n) is 3.95. The number of H-pyrrole nitrogens is 2. The Kier molecular flexibility index (Phi) is 5.05. The standard InChI is InChI=1S/C15H22BrN3O/c1-3-5-6-9(4-2)14(17)10-7-12-13(8-11(10)16)19-15(20)18-12/h7-9,14H,3-6,17H2,1-2H3,(H2,18,19,20). The van der Waals surface area contributed by atoms with Crippen LogP contribution in [0.4, 0.5) is 0 Å². The number of imidazole rings is 1. The van der Waals surface area contributed by atoms with E-state index >= 15 is 0 Å². The molecule has 2 rings (SSSR count). The first-order valence-corrected chi connectivity index (χ1v) is 8.03. The fourth-order valence-corrected chi connectivity index (χ4v) is 3.29. The van der Waals surface area contributed by atoms with Gasteiger partial charge in [0.1, 0.15) is 0 Å². The first kappa shape index (κ1) is 15.3. The summed E-state index contributed by atoms with van der Waals surface area (Å²) in [5.74, 6) is 0.467. The summed E-state index contributed by atoms with van der Waals surface area (Å²) in [4.78, 5) is 16.9. The predicted octanol–water partition coefficient (Wildman–Crippen LogP) is 3.83. The van der Waals surface area contributed by atoms with E-state index in [1.165, 1.54) is 12.8 Å². The molecule has 2 aromatic rings. The number of aromatic nitrogens is 2. The predicted molar refractivity (Wildman–Crippen MR) is 86.9 cm³/mol. The van der Waals surface area contributed by atoms with Gasteiger partial charge < -0.3 is 15.7 Å². The molecule has 0 amide bonds. The van der Waals surface area contributed by atoms with Crippen LogP contribution in [0.25, 0.3) is 11.0 Å². The number of benzene rings is 1. The summed E-state index contributed by atoms with van der Waals surface area (Å²) < 4.78 is 0.961. The average molecular weight is 340 g/mol. The second-order valence-corrected chi connectivity index (χ2v) is 6.19. The molecule has 1 heterocycles. The van der Waals surface area contributed by atoms with Crippen molar-refractivity contribution in [2.75, 3.05) is 0 Å². The monoisotopic (exact) mass is 339 g/mol. The number of nitrogens with one attached hydrogen (secondary N) is 2. The third kappa shape index (κ3) is 3.15. The Balaban J connectivity index is 2.34. The zero-order valence-electron chi connectivity index (χ0n) is 12.0. The number of unbranched alkanes of at least 4 members (excludes halogenated alkanes) is 1. The molecule has 2 unspecified atom stereocenters. The van der Waals surface area contributed by atoms with Crippen LogP contribution in [-0.2, 0) is 0 Å². The van der Waals surface area contributed by atoms with Gasteiger partial charge in [-0.25, -0.2) is 4.79 Å². The highest BCUT2D eigenvalue weighted by molar-refractivity contribution is 9.10. The van der Waals surface area contributed by atoms with Gasteiger partial charge >= 0.3 is 5.69 Å². The van der Waals surface area contributed by atoms with Gasteiger partial charge in [-0.15, -0.1) is 0 Å². The van der Waals surface area contributed by atoms with Crippen molar-refractivity contribution in [2.24, 2.45) is 11.7 Å². The molecule has 5 heteroatoms. The van der Waals surface area contributed by atoms with Crippen molar-refractivity contribution in [3.05, 3.63) is 32.7 Å². The number of rotatable bonds is 6. The Bertz CT molecular complexity index is 632. The summed E-state index contributed by atoms with van der Waals surface area (Å²) in [6.07, 6.45) is 4.60. The molecule has 0 saturated heterocycles. The van der Waals surface area contributed by atoms with Crippen molar-refractivity contribution in [1.29, 1.82) is 0 Å². The van der Waals surface area contributed by atoms with E-state index in [2.05, 4.69) is 39.7 Å². The van der Waals surface area contributed by atoms with E-state index in [1.807, 2.05) is 12.1 Å². The van der Waals surface area contributed by atoms with Crippen LogP contribution >= 0.6 is 15.9 Å². The SMILES string of the molecule is CCCCC(CC)C(N)c1cc2[nH]c(=O)[nH]c2cc1Br. The van der Waals surface area contributed by atoms with Crippen LogP contribution in [0.15, 0.2) is 21.4 Å². The highest BCUT2D eigenvalue weighted by Crippen LogP contribution is 2.33. The molecule has 0 aliphatic heterocycles. The van der Waals surface area contributed by atoms with Crippen LogP contribution < -0.4 is 11.4 Å². The molecule has 4 N–H and O–H groups in total. The summed E-state index contributed by atoms with van der Waals surface area (Å²) in [6.45, 7) is 4.38. The molecule has 2 atom stereocenters. The molecular weight excluding hydrogens is 318 g/mol. The fraction of sp³-hybridized carbons (Fsp3) is 0.533. The Morgan fingerprint density at radius 3 is 2.50 bits per heavy atom. The Morgan fingerprint density at radius 1 is 1.25 bits per heavy atom. The van der Waals surface area contributed by atoms with Crippen molar-refractivity contribution < 1.29 is 0 Å². The second kappa shape index (κ2) is 6.59. The van der Waals surface area contributed by atoms with E-state index in [-0.39, 0.29) is 11.7 Å². The van der Waals surface area contributed by atoms with Crippen LogP contribution in [0.2, 0.25) is 0 Å². The molecule has 0 aliphatic carbocycles. The summed E-state index contributed by atoms with van der Waals surface area (Å²) >= 11 is 3.58. The minimum absolute atomic E-state index is 0.0104. The van der Waals surface area contributed by atoms with Crippen LogP contribution in [0, 0.1) is 5.92 Å². The van der Waals surface area contributed by atoms with Crippen molar-refractivity contribution in [1.82, 2.24) is 9.97 Å². The largest absolute Gasteiger partial charge is 0.324 e. The van der Waals surface area contributed by atoms with E-state index in [9.17, 15) is 4.79 Å². The lowest BCUT2D eigenvalue weighted by Crippen LogP contribution is -2.21. The fourth-order valence-electron chi connectivity index (χ4n) is 2.69. The molecule has 0 bridgehead atoms. The van der Waals surface area contributed by atoms with Gasteiger partial charge in [0, 0.05) is 10.5 Å². The molecule has 4 nitrogen and oxygen atoms in total. The van der Waals surface area contributed by atoms with Gasteiger partial charge in [0.25, 0.3) is 0 Å². The number of aromatic amines is 2.